The number of thiazole rings is 1. The highest BCUT2D eigenvalue weighted by molar-refractivity contribution is 7.14. The second kappa shape index (κ2) is 7.48. The van der Waals surface area contributed by atoms with E-state index in [1.807, 2.05) is 74.7 Å². The summed E-state index contributed by atoms with van der Waals surface area (Å²) in [6.45, 7) is 5.67. The van der Waals surface area contributed by atoms with E-state index in [9.17, 15) is 4.79 Å². The summed E-state index contributed by atoms with van der Waals surface area (Å²) in [7, 11) is 0. The molecule has 1 aromatic heterocycles. The second-order valence-corrected chi connectivity index (χ2v) is 8.19. The van der Waals surface area contributed by atoms with Crippen molar-refractivity contribution >= 4 is 45.4 Å². The normalized spacial score (nSPS) is 11.2. The number of hydrogen-bond acceptors (Lipinski definition) is 4. The first-order valence-electron chi connectivity index (χ1n) is 8.22. The number of carbonyl (C=O) groups is 1. The number of para-hydroxylation sites is 1. The lowest BCUT2D eigenvalue weighted by Gasteiger charge is -2.17. The van der Waals surface area contributed by atoms with Crippen LogP contribution in [-0.2, 0) is 4.79 Å². The molecule has 0 aliphatic carbocycles. The third kappa shape index (κ3) is 4.42. The molecule has 3 aromatic rings. The van der Waals surface area contributed by atoms with Crippen LogP contribution in [0.3, 0.4) is 0 Å². The molecular formula is C20H20ClN3OS. The van der Waals surface area contributed by atoms with Crippen LogP contribution in [0.2, 0.25) is 5.02 Å². The van der Waals surface area contributed by atoms with Crippen LogP contribution >= 0.6 is 22.9 Å². The fourth-order valence-electron chi connectivity index (χ4n) is 2.18. The molecule has 2 N–H and O–H groups in total. The quantitative estimate of drug-likeness (QED) is 0.562. The molecule has 134 valence electrons. The van der Waals surface area contributed by atoms with Crippen molar-refractivity contribution in [3.63, 3.8) is 0 Å². The first-order valence-corrected chi connectivity index (χ1v) is 9.48. The molecule has 0 aliphatic rings. The number of rotatable bonds is 4. The number of halogens is 1. The maximum atomic E-state index is 12.1. The minimum absolute atomic E-state index is 0.00913. The molecule has 0 bridgehead atoms. The summed E-state index contributed by atoms with van der Waals surface area (Å²) in [5.41, 5.74) is 3.04. The molecule has 3 rings (SSSR count). The summed E-state index contributed by atoms with van der Waals surface area (Å²) < 4.78 is 0. The Labute approximate surface area is 162 Å². The van der Waals surface area contributed by atoms with Gasteiger partial charge in [-0.3, -0.25) is 4.79 Å². The molecule has 26 heavy (non-hydrogen) atoms. The number of hydrogen-bond donors (Lipinski definition) is 2. The number of nitrogens with one attached hydrogen (secondary N) is 2. The van der Waals surface area contributed by atoms with Crippen LogP contribution in [0.25, 0.3) is 11.3 Å². The van der Waals surface area contributed by atoms with Crippen LogP contribution in [0.4, 0.5) is 16.5 Å². The molecule has 0 spiro atoms. The highest BCUT2D eigenvalue weighted by Crippen LogP contribution is 2.30. The molecule has 2 aromatic carbocycles. The monoisotopic (exact) mass is 385 g/mol. The summed E-state index contributed by atoms with van der Waals surface area (Å²) in [6, 6.07) is 15.2. The third-order valence-corrected chi connectivity index (χ3v) is 4.83. The van der Waals surface area contributed by atoms with Crippen molar-refractivity contribution in [2.45, 2.75) is 20.8 Å². The van der Waals surface area contributed by atoms with Gasteiger partial charge in [0.25, 0.3) is 0 Å². The zero-order chi connectivity index (χ0) is 18.7. The molecule has 0 atom stereocenters. The molecule has 0 aliphatic heterocycles. The topological polar surface area (TPSA) is 54.0 Å². The van der Waals surface area contributed by atoms with Crippen LogP contribution in [0.5, 0.6) is 0 Å². The van der Waals surface area contributed by atoms with E-state index in [2.05, 4.69) is 15.6 Å². The third-order valence-electron chi connectivity index (χ3n) is 3.74. The Balaban J connectivity index is 1.71. The first kappa shape index (κ1) is 18.4. The lowest BCUT2D eigenvalue weighted by atomic mass is 9.95. The van der Waals surface area contributed by atoms with Crippen LogP contribution in [0.15, 0.2) is 53.9 Å². The van der Waals surface area contributed by atoms with E-state index in [0.29, 0.717) is 5.02 Å². The van der Waals surface area contributed by atoms with Crippen molar-refractivity contribution in [2.24, 2.45) is 5.41 Å². The minimum Gasteiger partial charge on any atom is -0.330 e. The van der Waals surface area contributed by atoms with Gasteiger partial charge in [0.1, 0.15) is 0 Å². The average Bonchev–Trinajstić information content (AvgIpc) is 3.05. The molecule has 0 radical (unpaired) electrons. The number of benzene rings is 2. The van der Waals surface area contributed by atoms with Gasteiger partial charge in [-0.05, 0) is 24.3 Å². The van der Waals surface area contributed by atoms with Crippen LogP contribution in [-0.4, -0.2) is 10.9 Å². The van der Waals surface area contributed by atoms with Crippen LogP contribution in [0.1, 0.15) is 20.8 Å². The van der Waals surface area contributed by atoms with Crippen molar-refractivity contribution in [1.82, 2.24) is 4.98 Å². The van der Waals surface area contributed by atoms with Crippen molar-refractivity contribution in [3.05, 3.63) is 58.9 Å². The lowest BCUT2D eigenvalue weighted by Crippen LogP contribution is -2.27. The largest absolute Gasteiger partial charge is 0.330 e. The Morgan fingerprint density at radius 1 is 1.08 bits per heavy atom. The predicted octanol–water partition coefficient (Wildman–Crippen LogP) is 6.19. The second-order valence-electron chi connectivity index (χ2n) is 6.92. The van der Waals surface area contributed by atoms with Gasteiger partial charge in [0.2, 0.25) is 5.91 Å². The smallest absolute Gasteiger partial charge is 0.229 e. The highest BCUT2D eigenvalue weighted by atomic mass is 35.5. The summed E-state index contributed by atoms with van der Waals surface area (Å²) >= 11 is 7.68. The zero-order valence-corrected chi connectivity index (χ0v) is 16.4. The molecule has 0 unspecified atom stereocenters. The lowest BCUT2D eigenvalue weighted by molar-refractivity contribution is -0.123. The molecule has 0 saturated heterocycles. The van der Waals surface area contributed by atoms with Gasteiger partial charge in [0, 0.05) is 22.0 Å². The summed E-state index contributed by atoms with van der Waals surface area (Å²) in [5, 5.41) is 9.58. The van der Waals surface area contributed by atoms with Gasteiger partial charge < -0.3 is 10.6 Å². The molecule has 0 fully saturated rings. The number of anilines is 3. The van der Waals surface area contributed by atoms with E-state index in [1.54, 1.807) is 0 Å². The Bertz CT molecular complexity index is 913. The van der Waals surface area contributed by atoms with E-state index in [0.717, 1.165) is 27.8 Å². The fourth-order valence-corrected chi connectivity index (χ4v) is 3.10. The Kier molecular flexibility index (Phi) is 5.30. The van der Waals surface area contributed by atoms with Gasteiger partial charge in [-0.2, -0.15) is 0 Å². The van der Waals surface area contributed by atoms with Gasteiger partial charge in [0.05, 0.1) is 16.4 Å². The van der Waals surface area contributed by atoms with Gasteiger partial charge in [-0.25, -0.2) is 4.98 Å². The number of carbonyl (C=O) groups excluding carboxylic acids is 1. The number of nitrogens with zero attached hydrogens (tertiary/aromatic N) is 1. The minimum atomic E-state index is -0.424. The van der Waals surface area contributed by atoms with Gasteiger partial charge in [-0.15, -0.1) is 11.3 Å². The van der Waals surface area contributed by atoms with Crippen molar-refractivity contribution in [3.8, 4) is 11.3 Å². The predicted molar refractivity (Wildman–Crippen MR) is 110 cm³/mol. The van der Waals surface area contributed by atoms with Crippen molar-refractivity contribution in [2.75, 3.05) is 10.6 Å². The fraction of sp³-hybridized carbons (Fsp3) is 0.200. The van der Waals surface area contributed by atoms with E-state index < -0.39 is 5.41 Å². The molecule has 1 amide bonds. The SMILES string of the molecule is CC(C)(C)C(=O)Nc1ccc(-c2csc(Nc3ccccc3Cl)n2)cc1. The van der Waals surface area contributed by atoms with E-state index in [4.69, 9.17) is 11.6 Å². The number of aromatic nitrogens is 1. The Morgan fingerprint density at radius 3 is 2.42 bits per heavy atom. The van der Waals surface area contributed by atoms with E-state index in [1.165, 1.54) is 11.3 Å². The van der Waals surface area contributed by atoms with E-state index >= 15 is 0 Å². The van der Waals surface area contributed by atoms with Gasteiger partial charge >= 0.3 is 0 Å². The standard InChI is InChI=1S/C20H20ClN3OS/c1-20(2,3)18(25)22-14-10-8-13(9-11-14)17-12-26-19(24-17)23-16-7-5-4-6-15(16)21/h4-12H,1-3H3,(H,22,25)(H,23,24). The Hall–Kier alpha value is -2.37. The summed E-state index contributed by atoms with van der Waals surface area (Å²) in [5.74, 6) is -0.00913. The number of amides is 1. The average molecular weight is 386 g/mol. The molecule has 1 heterocycles. The maximum absolute atomic E-state index is 12.1. The van der Waals surface area contributed by atoms with Gasteiger partial charge in [0.15, 0.2) is 5.13 Å². The molecule has 0 saturated carbocycles. The summed E-state index contributed by atoms with van der Waals surface area (Å²) in [4.78, 5) is 16.7. The van der Waals surface area contributed by atoms with Crippen molar-refractivity contribution in [1.29, 1.82) is 0 Å². The Morgan fingerprint density at radius 2 is 1.77 bits per heavy atom. The van der Waals surface area contributed by atoms with Crippen LogP contribution in [0, 0.1) is 5.41 Å². The maximum Gasteiger partial charge on any atom is 0.229 e. The molecule has 4 nitrogen and oxygen atoms in total. The van der Waals surface area contributed by atoms with E-state index in [-0.39, 0.29) is 5.91 Å². The molecular weight excluding hydrogens is 366 g/mol. The van der Waals surface area contributed by atoms with Crippen LogP contribution < -0.4 is 10.6 Å². The molecule has 6 heteroatoms. The summed E-state index contributed by atoms with van der Waals surface area (Å²) in [6.07, 6.45) is 0. The highest BCUT2D eigenvalue weighted by Gasteiger charge is 2.21. The first-order chi connectivity index (χ1) is 12.3. The van der Waals surface area contributed by atoms with Gasteiger partial charge in [-0.1, -0.05) is 56.6 Å². The zero-order valence-electron chi connectivity index (χ0n) is 14.8. The van der Waals surface area contributed by atoms with Crippen molar-refractivity contribution < 1.29 is 4.79 Å².